The van der Waals surface area contributed by atoms with Crippen molar-refractivity contribution in [1.82, 2.24) is 0 Å². The minimum atomic E-state index is 0. The van der Waals surface area contributed by atoms with Crippen LogP contribution in [-0.4, -0.2) is 0 Å². The predicted octanol–water partition coefficient (Wildman–Crippen LogP) is 28.0. The second-order valence-corrected chi connectivity index (χ2v) is 17.6. The first-order chi connectivity index (χ1) is 25.6. The summed E-state index contributed by atoms with van der Waals surface area (Å²) < 4.78 is 0. The fourth-order valence-electron chi connectivity index (χ4n) is 4.87. The lowest BCUT2D eigenvalue weighted by Gasteiger charge is -2.18. The quantitative estimate of drug-likeness (QED) is 0.0847. The van der Waals surface area contributed by atoms with E-state index < -0.39 is 0 Å². The van der Waals surface area contributed by atoms with Crippen molar-refractivity contribution >= 4 is 0 Å². The molecule has 0 aliphatic rings. The molecule has 0 aromatic heterocycles. The Morgan fingerprint density at radius 2 is 0.524 bits per heavy atom. The fraction of sp³-hybridized carbons (Fsp3) is 1.00. The van der Waals surface area contributed by atoms with E-state index in [4.69, 9.17) is 0 Å². The molecule has 0 heteroatoms. The van der Waals surface area contributed by atoms with Crippen LogP contribution in [0.5, 0.6) is 0 Å². The molecule has 0 fully saturated rings. The number of hydrogen-bond acceptors (Lipinski definition) is 0. The first-order valence-electron chi connectivity index (χ1n) is 25.6. The Morgan fingerprint density at radius 3 is 0.651 bits per heavy atom. The zero-order valence-electron chi connectivity index (χ0n) is 43.9. The van der Waals surface area contributed by atoms with Gasteiger partial charge in [-0.25, -0.2) is 0 Å². The molecule has 0 amide bonds. The summed E-state index contributed by atoms with van der Waals surface area (Å²) >= 11 is 0. The third kappa shape index (κ3) is 172. The van der Waals surface area contributed by atoms with Gasteiger partial charge in [-0.1, -0.05) is 393 Å². The van der Waals surface area contributed by atoms with E-state index in [2.05, 4.69) is 152 Å². The molecule has 0 aromatic carbocycles. The Balaban J connectivity index is -0.0000000252. The average molecular weight is 918 g/mol. The van der Waals surface area contributed by atoms with Crippen molar-refractivity contribution in [2.45, 2.75) is 393 Å². The average Bonchev–Trinajstić information content (AvgIpc) is 3.17. The Morgan fingerprint density at radius 1 is 0.270 bits per heavy atom. The van der Waals surface area contributed by atoms with Crippen LogP contribution in [-0.2, 0) is 0 Å². The van der Waals surface area contributed by atoms with Gasteiger partial charge < -0.3 is 0 Å². The molecule has 0 aliphatic heterocycles. The molecule has 63 heavy (non-hydrogen) atoms. The monoisotopic (exact) mass is 917 g/mol. The molecule has 0 heterocycles. The van der Waals surface area contributed by atoms with Crippen LogP contribution in [0.15, 0.2) is 0 Å². The van der Waals surface area contributed by atoms with Crippen LogP contribution in [0.2, 0.25) is 0 Å². The van der Waals surface area contributed by atoms with Crippen molar-refractivity contribution in [1.29, 1.82) is 0 Å². The van der Waals surface area contributed by atoms with Gasteiger partial charge in [0.1, 0.15) is 0 Å². The van der Waals surface area contributed by atoms with Gasteiger partial charge in [0, 0.05) is 0 Å². The molecule has 0 N–H and O–H groups in total. The minimum Gasteiger partial charge on any atom is -0.0776 e. The standard InChI is InChI=1S/2C8H18.3C7H16.2C6H14.C5H12.9CH4/c1-4-5-6-7-8(2)3;1-4-6-8(3)7-5-2;1-5-7(3,4)6-2;1-4-7(5-2)6-3;1-3-5-7-6-4-2;1-4-6(3)5-2;1-3-5-6-4-2;1-3-5-4-2;;;;;;;;;/h2*8H,4-7H2,1-3H3;5-6H2,1-4H3;7H,4-6H2,1-3H3;3-7H2,1-2H3;6H,4-5H2,1-3H3;3-6H2,1-2H3;3-5H2,1-2H3;9*1H4. The van der Waals surface area contributed by atoms with E-state index in [1.165, 1.54) is 173 Å². The molecule has 0 saturated heterocycles. The van der Waals surface area contributed by atoms with Gasteiger partial charge in [-0.05, 0) is 29.1 Å². The molecule has 412 valence electrons. The van der Waals surface area contributed by atoms with Crippen LogP contribution in [0, 0.1) is 29.1 Å². The second kappa shape index (κ2) is 114. The van der Waals surface area contributed by atoms with Crippen molar-refractivity contribution in [2.75, 3.05) is 0 Å². The summed E-state index contributed by atoms with van der Waals surface area (Å²) in [6, 6.07) is 0. The molecular weight excluding hydrogens is 757 g/mol. The molecule has 0 nitrogen and oxygen atoms in total. The summed E-state index contributed by atoms with van der Waals surface area (Å²) in [4.78, 5) is 0. The van der Waals surface area contributed by atoms with E-state index in [1.54, 1.807) is 0 Å². The lowest BCUT2D eigenvalue weighted by atomic mass is 9.88. The van der Waals surface area contributed by atoms with Gasteiger partial charge in [0.05, 0.1) is 0 Å². The SMILES string of the molecule is C.C.C.C.C.C.C.C.C.CCC(C)(C)CC.CCC(C)CC.CCC(CC)CC.CCCC(C)CCC.CCCCC.CCCCCC.CCCCCC(C)C.CCCCCCC. The van der Waals surface area contributed by atoms with E-state index >= 15 is 0 Å². The van der Waals surface area contributed by atoms with E-state index in [0.29, 0.717) is 5.41 Å². The summed E-state index contributed by atoms with van der Waals surface area (Å²) in [5.74, 6) is 3.79. The highest BCUT2D eigenvalue weighted by atomic mass is 14.2. The van der Waals surface area contributed by atoms with Gasteiger partial charge in [0.2, 0.25) is 0 Å². The largest absolute Gasteiger partial charge is 0.0776 e. The van der Waals surface area contributed by atoms with Gasteiger partial charge >= 0.3 is 0 Å². The Bertz CT molecular complexity index is 453. The maximum atomic E-state index is 2.34. The number of rotatable bonds is 24. The molecule has 0 radical (unpaired) electrons. The molecule has 0 aromatic rings. The summed E-state index contributed by atoms with van der Waals surface area (Å²) in [5.41, 5.74) is 0.583. The van der Waals surface area contributed by atoms with Crippen LogP contribution in [0.3, 0.4) is 0 Å². The molecule has 0 unspecified atom stereocenters. The molecule has 0 saturated carbocycles. The Labute approximate surface area is 419 Å². The lowest BCUT2D eigenvalue weighted by molar-refractivity contribution is 0.338. The fourth-order valence-corrected chi connectivity index (χ4v) is 4.87. The van der Waals surface area contributed by atoms with Gasteiger partial charge in [-0.2, -0.15) is 0 Å². The summed E-state index contributed by atoms with van der Waals surface area (Å²) in [6.07, 6.45) is 37.1. The highest BCUT2D eigenvalue weighted by Crippen LogP contribution is 2.22. The van der Waals surface area contributed by atoms with Crippen LogP contribution in [0.1, 0.15) is 393 Å². The van der Waals surface area contributed by atoms with E-state index in [0.717, 1.165) is 23.7 Å². The maximum Gasteiger partial charge on any atom is -0.0359 e. The molecule has 0 atom stereocenters. The lowest BCUT2D eigenvalue weighted by Crippen LogP contribution is -2.05. The molecule has 0 spiro atoms. The molecule has 0 rings (SSSR count). The second-order valence-electron chi connectivity index (χ2n) is 17.6. The first-order valence-corrected chi connectivity index (χ1v) is 25.6. The van der Waals surface area contributed by atoms with E-state index in [9.17, 15) is 0 Å². The van der Waals surface area contributed by atoms with Crippen molar-refractivity contribution in [2.24, 2.45) is 29.1 Å². The smallest absolute Gasteiger partial charge is 0.0359 e. The van der Waals surface area contributed by atoms with Gasteiger partial charge in [0.25, 0.3) is 0 Å². The maximum absolute atomic E-state index is 2.34. The third-order valence-corrected chi connectivity index (χ3v) is 10.9. The summed E-state index contributed by atoms with van der Waals surface area (Å²) in [5, 5.41) is 0. The normalized spacial score (nSPS) is 8.67. The van der Waals surface area contributed by atoms with Crippen LogP contribution in [0.4, 0.5) is 0 Å². The van der Waals surface area contributed by atoms with Gasteiger partial charge in [0.15, 0.2) is 0 Å². The molecular formula is C63H160. The zero-order valence-corrected chi connectivity index (χ0v) is 43.9. The van der Waals surface area contributed by atoms with Crippen LogP contribution >= 0.6 is 0 Å². The van der Waals surface area contributed by atoms with E-state index in [1.807, 2.05) is 0 Å². The van der Waals surface area contributed by atoms with Crippen LogP contribution < -0.4 is 0 Å². The van der Waals surface area contributed by atoms with Crippen LogP contribution in [0.25, 0.3) is 0 Å². The highest BCUT2D eigenvalue weighted by Gasteiger charge is 2.09. The zero-order chi connectivity index (χ0) is 43.9. The summed E-state index contributed by atoms with van der Waals surface area (Å²) in [7, 11) is 0. The van der Waals surface area contributed by atoms with Crippen molar-refractivity contribution in [3.63, 3.8) is 0 Å². The van der Waals surface area contributed by atoms with Gasteiger partial charge in [-0.15, -0.1) is 0 Å². The number of hydrogen-bond donors (Lipinski definition) is 0. The predicted molar refractivity (Wildman–Crippen MR) is 326 cm³/mol. The Hall–Kier alpha value is 0. The van der Waals surface area contributed by atoms with Crippen molar-refractivity contribution < 1.29 is 0 Å². The highest BCUT2D eigenvalue weighted by molar-refractivity contribution is 4.61. The van der Waals surface area contributed by atoms with Crippen molar-refractivity contribution in [3.05, 3.63) is 0 Å². The third-order valence-electron chi connectivity index (χ3n) is 10.9. The first kappa shape index (κ1) is 114. The molecule has 0 bridgehead atoms. The van der Waals surface area contributed by atoms with Crippen molar-refractivity contribution in [3.8, 4) is 0 Å². The van der Waals surface area contributed by atoms with Gasteiger partial charge in [-0.3, -0.25) is 0 Å². The van der Waals surface area contributed by atoms with E-state index in [-0.39, 0.29) is 66.8 Å². The topological polar surface area (TPSA) is 0 Å². The Kier molecular flexibility index (Phi) is 207. The molecule has 0 aliphatic carbocycles. The minimum absolute atomic E-state index is 0. The summed E-state index contributed by atoms with van der Waals surface area (Å²) in [6.45, 7) is 49.7. The number of unbranched alkanes of at least 4 members (excludes halogenated alkanes) is 11.